The van der Waals surface area contributed by atoms with Gasteiger partial charge in [-0.1, -0.05) is 24.3 Å². The molecule has 28 heavy (non-hydrogen) atoms. The van der Waals surface area contributed by atoms with Gasteiger partial charge in [0.25, 0.3) is 0 Å². The molecular formula is C22H22N2O4. The second kappa shape index (κ2) is 9.87. The van der Waals surface area contributed by atoms with E-state index in [-0.39, 0.29) is 6.03 Å². The average Bonchev–Trinajstić information content (AvgIpc) is 2.73. The summed E-state index contributed by atoms with van der Waals surface area (Å²) in [6.07, 6.45) is 0. The Balaban J connectivity index is 1.39. The Kier molecular flexibility index (Phi) is 6.73. The first-order chi connectivity index (χ1) is 13.7. The minimum atomic E-state index is -0.300. The first kappa shape index (κ1) is 19.1. The lowest BCUT2D eigenvalue weighted by atomic mass is 10.3. The topological polar surface area (TPSA) is 68.8 Å². The van der Waals surface area contributed by atoms with Gasteiger partial charge in [0.05, 0.1) is 13.7 Å². The SMILES string of the molecule is COc1cccc(OCCNC(=O)Nc2ccc(Oc3ccccc3)cc2)c1. The van der Waals surface area contributed by atoms with Gasteiger partial charge in [-0.3, -0.25) is 0 Å². The van der Waals surface area contributed by atoms with Crippen LogP contribution in [0, 0.1) is 0 Å². The lowest BCUT2D eigenvalue weighted by Crippen LogP contribution is -2.32. The highest BCUT2D eigenvalue weighted by molar-refractivity contribution is 5.89. The second-order valence-corrected chi connectivity index (χ2v) is 5.85. The Morgan fingerprint density at radius 2 is 1.50 bits per heavy atom. The summed E-state index contributed by atoms with van der Waals surface area (Å²) in [5.74, 6) is 2.87. The molecule has 3 aromatic carbocycles. The normalized spacial score (nSPS) is 10.0. The van der Waals surface area contributed by atoms with Crippen LogP contribution in [0.15, 0.2) is 78.9 Å². The van der Waals surface area contributed by atoms with Crippen molar-refractivity contribution in [2.24, 2.45) is 0 Å². The van der Waals surface area contributed by atoms with Gasteiger partial charge in [0.15, 0.2) is 0 Å². The molecule has 6 nitrogen and oxygen atoms in total. The summed E-state index contributed by atoms with van der Waals surface area (Å²) in [7, 11) is 1.60. The number of nitrogens with one attached hydrogen (secondary N) is 2. The number of carbonyl (C=O) groups is 1. The van der Waals surface area contributed by atoms with Gasteiger partial charge in [0.1, 0.15) is 29.6 Å². The number of amides is 2. The summed E-state index contributed by atoms with van der Waals surface area (Å²) < 4.78 is 16.4. The highest BCUT2D eigenvalue weighted by atomic mass is 16.5. The maximum Gasteiger partial charge on any atom is 0.319 e. The molecule has 0 aliphatic heterocycles. The first-order valence-electron chi connectivity index (χ1n) is 8.87. The molecule has 3 rings (SSSR count). The predicted molar refractivity (Wildman–Crippen MR) is 108 cm³/mol. The quantitative estimate of drug-likeness (QED) is 0.558. The fourth-order valence-corrected chi connectivity index (χ4v) is 2.43. The van der Waals surface area contributed by atoms with E-state index in [1.807, 2.05) is 48.5 Å². The number of anilines is 1. The van der Waals surface area contributed by atoms with Crippen LogP contribution in [0.1, 0.15) is 0 Å². The zero-order valence-electron chi connectivity index (χ0n) is 15.6. The number of para-hydroxylation sites is 1. The molecule has 2 N–H and O–H groups in total. The molecular weight excluding hydrogens is 356 g/mol. The third kappa shape index (κ3) is 5.95. The van der Waals surface area contributed by atoms with Gasteiger partial charge in [-0.15, -0.1) is 0 Å². The van der Waals surface area contributed by atoms with E-state index in [1.165, 1.54) is 0 Å². The molecule has 0 saturated carbocycles. The van der Waals surface area contributed by atoms with E-state index in [1.54, 1.807) is 37.4 Å². The number of benzene rings is 3. The van der Waals surface area contributed by atoms with Crippen LogP contribution < -0.4 is 24.8 Å². The first-order valence-corrected chi connectivity index (χ1v) is 8.87. The molecule has 0 aliphatic rings. The highest BCUT2D eigenvalue weighted by Crippen LogP contribution is 2.22. The molecule has 0 spiro atoms. The van der Waals surface area contributed by atoms with Gasteiger partial charge < -0.3 is 24.8 Å². The third-order valence-electron chi connectivity index (χ3n) is 3.79. The average molecular weight is 378 g/mol. The van der Waals surface area contributed by atoms with Crippen molar-refractivity contribution in [3.8, 4) is 23.0 Å². The molecule has 0 atom stereocenters. The highest BCUT2D eigenvalue weighted by Gasteiger charge is 2.03. The maximum absolute atomic E-state index is 12.0. The molecule has 0 saturated heterocycles. The fraction of sp³-hybridized carbons (Fsp3) is 0.136. The number of carbonyl (C=O) groups excluding carboxylic acids is 1. The smallest absolute Gasteiger partial charge is 0.319 e. The molecule has 0 aromatic heterocycles. The number of hydrogen-bond acceptors (Lipinski definition) is 4. The predicted octanol–water partition coefficient (Wildman–Crippen LogP) is 4.69. The number of urea groups is 1. The standard InChI is InChI=1S/C22H22N2O4/c1-26-20-8-5-9-21(16-20)27-15-14-23-22(25)24-17-10-12-19(13-11-17)28-18-6-3-2-4-7-18/h2-13,16H,14-15H2,1H3,(H2,23,24,25). The van der Waals surface area contributed by atoms with Gasteiger partial charge >= 0.3 is 6.03 Å². The van der Waals surface area contributed by atoms with Crippen LogP contribution in [0.4, 0.5) is 10.5 Å². The summed E-state index contributed by atoms with van der Waals surface area (Å²) in [5, 5.41) is 5.52. The van der Waals surface area contributed by atoms with E-state index in [9.17, 15) is 4.79 Å². The van der Waals surface area contributed by atoms with Crippen LogP contribution in [0.25, 0.3) is 0 Å². The third-order valence-corrected chi connectivity index (χ3v) is 3.79. The van der Waals surface area contributed by atoms with Crippen LogP contribution in [0.2, 0.25) is 0 Å². The van der Waals surface area contributed by atoms with Gasteiger partial charge in [0.2, 0.25) is 0 Å². The van der Waals surface area contributed by atoms with E-state index < -0.39 is 0 Å². The minimum absolute atomic E-state index is 0.300. The fourth-order valence-electron chi connectivity index (χ4n) is 2.43. The Bertz CT molecular complexity index is 883. The monoisotopic (exact) mass is 378 g/mol. The van der Waals surface area contributed by atoms with Crippen LogP contribution in [-0.4, -0.2) is 26.3 Å². The molecule has 0 unspecified atom stereocenters. The van der Waals surface area contributed by atoms with Crippen molar-refractivity contribution in [2.75, 3.05) is 25.6 Å². The van der Waals surface area contributed by atoms with Gasteiger partial charge in [-0.25, -0.2) is 4.79 Å². The van der Waals surface area contributed by atoms with Gasteiger partial charge in [0, 0.05) is 11.8 Å². The minimum Gasteiger partial charge on any atom is -0.497 e. The van der Waals surface area contributed by atoms with Crippen molar-refractivity contribution >= 4 is 11.7 Å². The van der Waals surface area contributed by atoms with Gasteiger partial charge in [-0.2, -0.15) is 0 Å². The van der Waals surface area contributed by atoms with Crippen molar-refractivity contribution in [1.29, 1.82) is 0 Å². The van der Waals surface area contributed by atoms with Crippen molar-refractivity contribution in [2.45, 2.75) is 0 Å². The summed E-state index contributed by atoms with van der Waals surface area (Å²) in [5.41, 5.74) is 0.673. The zero-order valence-corrected chi connectivity index (χ0v) is 15.6. The number of ether oxygens (including phenoxy) is 3. The largest absolute Gasteiger partial charge is 0.497 e. The molecule has 0 bridgehead atoms. The molecule has 2 amide bonds. The van der Waals surface area contributed by atoms with Crippen LogP contribution in [-0.2, 0) is 0 Å². The summed E-state index contributed by atoms with van der Waals surface area (Å²) in [6.45, 7) is 0.725. The Labute approximate surface area is 164 Å². The Morgan fingerprint density at radius 3 is 2.25 bits per heavy atom. The van der Waals surface area contributed by atoms with Crippen molar-refractivity contribution in [3.05, 3.63) is 78.9 Å². The van der Waals surface area contributed by atoms with E-state index in [4.69, 9.17) is 14.2 Å². The van der Waals surface area contributed by atoms with Crippen molar-refractivity contribution < 1.29 is 19.0 Å². The second-order valence-electron chi connectivity index (χ2n) is 5.85. The summed E-state index contributed by atoms with van der Waals surface area (Å²) in [6, 6.07) is 23.7. The van der Waals surface area contributed by atoms with E-state index in [0.29, 0.717) is 30.3 Å². The maximum atomic E-state index is 12.0. The Hall–Kier alpha value is -3.67. The zero-order chi connectivity index (χ0) is 19.6. The molecule has 0 radical (unpaired) electrons. The van der Waals surface area contributed by atoms with E-state index in [2.05, 4.69) is 10.6 Å². The van der Waals surface area contributed by atoms with Crippen LogP contribution in [0.3, 0.4) is 0 Å². The number of hydrogen-bond donors (Lipinski definition) is 2. The van der Waals surface area contributed by atoms with Crippen LogP contribution in [0.5, 0.6) is 23.0 Å². The number of rotatable bonds is 8. The Morgan fingerprint density at radius 1 is 0.821 bits per heavy atom. The lowest BCUT2D eigenvalue weighted by Gasteiger charge is -2.10. The molecule has 0 fully saturated rings. The van der Waals surface area contributed by atoms with Crippen molar-refractivity contribution in [1.82, 2.24) is 5.32 Å². The van der Waals surface area contributed by atoms with E-state index >= 15 is 0 Å². The van der Waals surface area contributed by atoms with Crippen molar-refractivity contribution in [3.63, 3.8) is 0 Å². The molecule has 3 aromatic rings. The molecule has 0 aliphatic carbocycles. The van der Waals surface area contributed by atoms with E-state index in [0.717, 1.165) is 11.5 Å². The molecule has 6 heteroatoms. The lowest BCUT2D eigenvalue weighted by molar-refractivity contribution is 0.247. The molecule has 0 heterocycles. The number of methoxy groups -OCH3 is 1. The van der Waals surface area contributed by atoms with Gasteiger partial charge in [-0.05, 0) is 48.5 Å². The van der Waals surface area contributed by atoms with Crippen LogP contribution >= 0.6 is 0 Å². The summed E-state index contributed by atoms with van der Waals surface area (Å²) in [4.78, 5) is 12.0. The molecule has 144 valence electrons. The summed E-state index contributed by atoms with van der Waals surface area (Å²) >= 11 is 0.